The van der Waals surface area contributed by atoms with Crippen molar-refractivity contribution in [3.63, 3.8) is 0 Å². The molecule has 0 atom stereocenters. The van der Waals surface area contributed by atoms with Crippen LogP contribution in [-0.2, 0) is 22.5 Å². The smallest absolute Gasteiger partial charge is 0.372 e. The number of aliphatic hydroxyl groups excluding tert-OH is 1. The highest BCUT2D eigenvalue weighted by Crippen LogP contribution is 2.01. The monoisotopic (exact) mass is 320 g/mol. The quantitative estimate of drug-likeness (QED) is 0.573. The van der Waals surface area contributed by atoms with Crippen LogP contribution in [0, 0.1) is 0 Å². The summed E-state index contributed by atoms with van der Waals surface area (Å²) in [7, 11) is 4.71. The van der Waals surface area contributed by atoms with Gasteiger partial charge in [-0.1, -0.05) is 6.07 Å². The number of hydrogen-bond acceptors (Lipinski definition) is 7. The van der Waals surface area contributed by atoms with Gasteiger partial charge < -0.3 is 14.7 Å². The number of carbonyl (C=O) groups excluding carboxylic acids is 1. The summed E-state index contributed by atoms with van der Waals surface area (Å²) >= 11 is 0. The minimum atomic E-state index is -0.284. The van der Waals surface area contributed by atoms with Gasteiger partial charge in [-0.15, -0.1) is 0 Å². The van der Waals surface area contributed by atoms with E-state index in [0.717, 1.165) is 7.11 Å². The second-order valence-electron chi connectivity index (χ2n) is 4.61. The Morgan fingerprint density at radius 3 is 2.57 bits per heavy atom. The number of anilines is 1. The van der Waals surface area contributed by atoms with Crippen molar-refractivity contribution in [2.24, 2.45) is 0 Å². The van der Waals surface area contributed by atoms with E-state index in [-0.39, 0.29) is 19.1 Å². The second-order valence-corrected chi connectivity index (χ2v) is 4.61. The third kappa shape index (κ3) is 6.79. The summed E-state index contributed by atoms with van der Waals surface area (Å²) in [5.41, 5.74) is 0. The fourth-order valence-electron chi connectivity index (χ4n) is 1.65. The molecular formula is C15H22N5O3+. The Morgan fingerprint density at radius 1 is 1.22 bits per heavy atom. The molecule has 0 saturated heterocycles. The zero-order valence-electron chi connectivity index (χ0n) is 13.6. The molecule has 0 aromatic carbocycles. The predicted molar refractivity (Wildman–Crippen MR) is 83.6 cm³/mol. The Kier molecular flexibility index (Phi) is 8.16. The summed E-state index contributed by atoms with van der Waals surface area (Å²) in [5.74, 6) is 0.910. The van der Waals surface area contributed by atoms with Gasteiger partial charge in [0.2, 0.25) is 12.5 Å². The van der Waals surface area contributed by atoms with Crippen molar-refractivity contribution < 1.29 is 19.2 Å². The molecule has 0 radical (unpaired) electrons. The highest BCUT2D eigenvalue weighted by molar-refractivity contribution is 5.67. The van der Waals surface area contributed by atoms with Crippen LogP contribution in [0.2, 0.25) is 0 Å². The number of aromatic nitrogens is 4. The molecule has 2 aromatic heterocycles. The van der Waals surface area contributed by atoms with Crippen molar-refractivity contribution in [3.8, 4) is 0 Å². The summed E-state index contributed by atoms with van der Waals surface area (Å²) < 4.78 is 6.94. The van der Waals surface area contributed by atoms with Crippen LogP contribution in [-0.4, -0.2) is 53.8 Å². The van der Waals surface area contributed by atoms with Gasteiger partial charge in [0, 0.05) is 39.8 Å². The highest BCUT2D eigenvalue weighted by atomic mass is 16.5. The lowest BCUT2D eigenvalue weighted by molar-refractivity contribution is -0.686. The number of nitrogens with zero attached hydrogens (tertiary/aromatic N) is 5. The fourth-order valence-corrected chi connectivity index (χ4v) is 1.65. The van der Waals surface area contributed by atoms with Crippen LogP contribution in [0.15, 0.2) is 36.9 Å². The first-order valence-corrected chi connectivity index (χ1v) is 7.05. The van der Waals surface area contributed by atoms with E-state index < -0.39 is 0 Å². The van der Waals surface area contributed by atoms with E-state index in [0.29, 0.717) is 18.2 Å². The summed E-state index contributed by atoms with van der Waals surface area (Å²) in [5, 5.41) is 7.00. The minimum Gasteiger partial charge on any atom is -0.461 e. The molecule has 0 saturated carbocycles. The highest BCUT2D eigenvalue weighted by Gasteiger charge is 2.10. The number of hydrogen-bond donors (Lipinski definition) is 1. The van der Waals surface area contributed by atoms with Gasteiger partial charge in [0.1, 0.15) is 12.2 Å². The van der Waals surface area contributed by atoms with Crippen molar-refractivity contribution >= 4 is 11.9 Å². The molecule has 2 rings (SSSR count). The molecule has 124 valence electrons. The molecule has 2 aromatic rings. The van der Waals surface area contributed by atoms with Crippen molar-refractivity contribution in [2.75, 3.05) is 32.7 Å². The third-order valence-electron chi connectivity index (χ3n) is 2.69. The number of esters is 1. The molecule has 0 bridgehead atoms. The Balaban J connectivity index is 0.00000127. The maximum Gasteiger partial charge on any atom is 0.372 e. The summed E-state index contributed by atoms with van der Waals surface area (Å²) in [6, 6.07) is 5.62. The Bertz CT molecular complexity index is 593. The zero-order valence-corrected chi connectivity index (χ0v) is 13.6. The Morgan fingerprint density at radius 2 is 1.91 bits per heavy atom. The molecule has 23 heavy (non-hydrogen) atoms. The van der Waals surface area contributed by atoms with Crippen LogP contribution in [0.5, 0.6) is 0 Å². The molecule has 8 nitrogen and oxygen atoms in total. The summed E-state index contributed by atoms with van der Waals surface area (Å²) in [6.45, 7) is 0.449. The summed E-state index contributed by atoms with van der Waals surface area (Å²) in [6.07, 6.45) is 5.56. The van der Waals surface area contributed by atoms with Crippen molar-refractivity contribution in [3.05, 3.63) is 42.7 Å². The molecule has 0 amide bonds. The van der Waals surface area contributed by atoms with E-state index in [1.807, 2.05) is 44.7 Å². The standard InChI is InChI=1S/C14H18N5O2.CH4O/c1-18(2)14-16-11-15-12(17-14)6-9-21-13(20)10-19-7-4-3-5-8-19;1-2/h3-5,7-8,11H,6,9-10H2,1-2H3;2H,1H3/q+1;. The minimum absolute atomic E-state index is 0.195. The lowest BCUT2D eigenvalue weighted by atomic mass is 10.4. The summed E-state index contributed by atoms with van der Waals surface area (Å²) in [4.78, 5) is 25.8. The van der Waals surface area contributed by atoms with Gasteiger partial charge in [0.15, 0.2) is 12.4 Å². The first-order valence-electron chi connectivity index (χ1n) is 7.05. The maximum atomic E-state index is 11.7. The van der Waals surface area contributed by atoms with Gasteiger partial charge in [-0.2, -0.15) is 9.55 Å². The van der Waals surface area contributed by atoms with Gasteiger partial charge in [0.05, 0.1) is 6.61 Å². The van der Waals surface area contributed by atoms with Crippen LogP contribution in [0.25, 0.3) is 0 Å². The van der Waals surface area contributed by atoms with E-state index in [2.05, 4.69) is 15.0 Å². The Hall–Kier alpha value is -2.61. The number of aliphatic hydroxyl groups is 1. The fraction of sp³-hybridized carbons (Fsp3) is 0.400. The average Bonchev–Trinajstić information content (AvgIpc) is 2.58. The van der Waals surface area contributed by atoms with Crippen LogP contribution < -0.4 is 9.47 Å². The van der Waals surface area contributed by atoms with Gasteiger partial charge >= 0.3 is 5.97 Å². The zero-order chi connectivity index (χ0) is 17.1. The van der Waals surface area contributed by atoms with Gasteiger partial charge in [-0.3, -0.25) is 0 Å². The SMILES string of the molecule is CN(C)c1ncnc(CCOC(=O)C[n+]2ccccc2)n1.CO. The Labute approximate surface area is 135 Å². The third-order valence-corrected chi connectivity index (χ3v) is 2.69. The molecule has 0 spiro atoms. The molecule has 2 heterocycles. The number of pyridine rings is 1. The van der Waals surface area contributed by atoms with Crippen molar-refractivity contribution in [1.82, 2.24) is 15.0 Å². The lowest BCUT2D eigenvalue weighted by Gasteiger charge is -2.09. The molecular weight excluding hydrogens is 298 g/mol. The van der Waals surface area contributed by atoms with E-state index in [1.165, 1.54) is 6.33 Å². The van der Waals surface area contributed by atoms with E-state index in [9.17, 15) is 4.79 Å². The van der Waals surface area contributed by atoms with Crippen LogP contribution >= 0.6 is 0 Å². The van der Waals surface area contributed by atoms with Crippen molar-refractivity contribution in [2.45, 2.75) is 13.0 Å². The molecule has 8 heteroatoms. The topological polar surface area (TPSA) is 92.3 Å². The number of carbonyl (C=O) groups is 1. The first kappa shape index (κ1) is 18.4. The van der Waals surface area contributed by atoms with E-state index in [1.54, 1.807) is 9.47 Å². The number of rotatable bonds is 6. The largest absolute Gasteiger partial charge is 0.461 e. The molecule has 0 unspecified atom stereocenters. The van der Waals surface area contributed by atoms with Crippen LogP contribution in [0.3, 0.4) is 0 Å². The molecule has 0 fully saturated rings. The molecule has 1 N–H and O–H groups in total. The van der Waals surface area contributed by atoms with E-state index in [4.69, 9.17) is 9.84 Å². The molecule has 0 aliphatic carbocycles. The lowest BCUT2D eigenvalue weighted by Crippen LogP contribution is -2.37. The average molecular weight is 320 g/mol. The van der Waals surface area contributed by atoms with Crippen molar-refractivity contribution in [1.29, 1.82) is 0 Å². The second kappa shape index (κ2) is 10.2. The van der Waals surface area contributed by atoms with Crippen LogP contribution in [0.4, 0.5) is 5.95 Å². The number of ether oxygens (including phenoxy) is 1. The maximum absolute atomic E-state index is 11.7. The molecule has 0 aliphatic heterocycles. The van der Waals surface area contributed by atoms with Gasteiger partial charge in [-0.05, 0) is 0 Å². The first-order chi connectivity index (χ1) is 11.1. The predicted octanol–water partition coefficient (Wildman–Crippen LogP) is -0.380. The van der Waals surface area contributed by atoms with Crippen LogP contribution in [0.1, 0.15) is 5.82 Å². The van der Waals surface area contributed by atoms with Gasteiger partial charge in [-0.25, -0.2) is 14.8 Å². The van der Waals surface area contributed by atoms with E-state index >= 15 is 0 Å². The normalized spacial score (nSPS) is 9.57. The molecule has 0 aliphatic rings. The van der Waals surface area contributed by atoms with Gasteiger partial charge in [0.25, 0.3) is 0 Å².